The molecule has 3 aromatic rings. The molecule has 2 aromatic heterocycles. The predicted octanol–water partition coefficient (Wildman–Crippen LogP) is 2.44. The van der Waals surface area contributed by atoms with Gasteiger partial charge in [0, 0.05) is 24.7 Å². The van der Waals surface area contributed by atoms with E-state index in [-0.39, 0.29) is 29.8 Å². The second-order valence-corrected chi connectivity index (χ2v) is 11.7. The third kappa shape index (κ3) is 6.37. The van der Waals surface area contributed by atoms with Gasteiger partial charge in [-0.1, -0.05) is 19.9 Å². The molecule has 3 heterocycles. The molecule has 0 bridgehead atoms. The molecule has 4 rings (SSSR count). The van der Waals surface area contributed by atoms with Crippen LogP contribution in [0.25, 0.3) is 11.0 Å². The molecule has 1 aliphatic heterocycles. The quantitative estimate of drug-likeness (QED) is 0.394. The Hall–Kier alpha value is -3.35. The Morgan fingerprint density at radius 2 is 2.03 bits per heavy atom. The van der Waals surface area contributed by atoms with Crippen LogP contribution in [0.2, 0.25) is 0 Å². The standard InChI is InChI=1S/C26H31FN4O6S/c1-16(2)12-20(30-26(34)23-14-17-13-18(27)8-9-22(17)37-23)25(33)29-19-6-5-11-31(15-21(19)32)38(35,36)24-7-3-4-10-28-24/h3-4,7-10,13-14,16,19-21,32H,5-6,11-12,15H2,1-2H3,(H,29,33)(H,30,34)/t19?,20-,21?/m0/s1. The zero-order valence-electron chi connectivity index (χ0n) is 21.1. The van der Waals surface area contributed by atoms with E-state index in [1.54, 1.807) is 12.1 Å². The lowest BCUT2D eigenvalue weighted by Crippen LogP contribution is -2.54. The first-order chi connectivity index (χ1) is 18.0. The minimum Gasteiger partial charge on any atom is -0.451 e. The van der Waals surface area contributed by atoms with Gasteiger partial charge in [0.1, 0.15) is 17.4 Å². The lowest BCUT2D eigenvalue weighted by Gasteiger charge is -2.27. The summed E-state index contributed by atoms with van der Waals surface area (Å²) in [5.41, 5.74) is 0.341. The summed E-state index contributed by atoms with van der Waals surface area (Å²) in [6.07, 6.45) is 1.29. The van der Waals surface area contributed by atoms with E-state index in [1.807, 2.05) is 13.8 Å². The Labute approximate surface area is 220 Å². The van der Waals surface area contributed by atoms with Gasteiger partial charge in [0.05, 0.1) is 12.1 Å². The number of halogens is 1. The van der Waals surface area contributed by atoms with Crippen molar-refractivity contribution in [3.63, 3.8) is 0 Å². The van der Waals surface area contributed by atoms with Crippen LogP contribution in [-0.2, 0) is 14.8 Å². The molecule has 38 heavy (non-hydrogen) atoms. The van der Waals surface area contributed by atoms with Crippen molar-refractivity contribution in [1.82, 2.24) is 19.9 Å². The fraction of sp³-hybridized carbons (Fsp3) is 0.423. The molecule has 12 heteroatoms. The SMILES string of the molecule is CC(C)C[C@H](NC(=O)c1cc2cc(F)ccc2o1)C(=O)NC1CCCN(S(=O)(=O)c2ccccn2)CC1O. The summed E-state index contributed by atoms with van der Waals surface area (Å²) in [4.78, 5) is 30.0. The Kier molecular flexibility index (Phi) is 8.44. The highest BCUT2D eigenvalue weighted by Crippen LogP contribution is 2.22. The second kappa shape index (κ2) is 11.6. The van der Waals surface area contributed by atoms with Crippen molar-refractivity contribution in [3.05, 3.63) is 60.2 Å². The van der Waals surface area contributed by atoms with Crippen molar-refractivity contribution >= 4 is 32.8 Å². The Balaban J connectivity index is 1.44. The van der Waals surface area contributed by atoms with Gasteiger partial charge in [-0.25, -0.2) is 17.8 Å². The lowest BCUT2D eigenvalue weighted by atomic mass is 10.0. The molecule has 1 aliphatic rings. The number of sulfonamides is 1. The maximum Gasteiger partial charge on any atom is 0.287 e. The summed E-state index contributed by atoms with van der Waals surface area (Å²) in [5, 5.41) is 16.6. The van der Waals surface area contributed by atoms with E-state index in [4.69, 9.17) is 4.42 Å². The second-order valence-electron chi connectivity index (χ2n) is 9.80. The zero-order chi connectivity index (χ0) is 27.4. The molecule has 2 unspecified atom stereocenters. The number of carbonyl (C=O) groups is 2. The third-order valence-electron chi connectivity index (χ3n) is 6.38. The van der Waals surface area contributed by atoms with Crippen molar-refractivity contribution < 1.29 is 31.9 Å². The van der Waals surface area contributed by atoms with Gasteiger partial charge in [0.25, 0.3) is 15.9 Å². The number of aliphatic hydroxyl groups is 1. The number of aliphatic hydroxyl groups excluding tert-OH is 1. The van der Waals surface area contributed by atoms with E-state index in [2.05, 4.69) is 15.6 Å². The van der Waals surface area contributed by atoms with Crippen LogP contribution in [0.15, 0.2) is 58.1 Å². The summed E-state index contributed by atoms with van der Waals surface area (Å²) in [6, 6.07) is 8.23. The van der Waals surface area contributed by atoms with Crippen molar-refractivity contribution in [1.29, 1.82) is 0 Å². The monoisotopic (exact) mass is 546 g/mol. The van der Waals surface area contributed by atoms with E-state index in [9.17, 15) is 27.5 Å². The highest BCUT2D eigenvalue weighted by molar-refractivity contribution is 7.89. The summed E-state index contributed by atoms with van der Waals surface area (Å²) in [7, 11) is -3.90. The molecule has 0 spiro atoms. The van der Waals surface area contributed by atoms with Crippen LogP contribution < -0.4 is 10.6 Å². The van der Waals surface area contributed by atoms with Gasteiger partial charge in [-0.15, -0.1) is 0 Å². The largest absolute Gasteiger partial charge is 0.451 e. The Morgan fingerprint density at radius 1 is 1.24 bits per heavy atom. The molecule has 204 valence electrons. The third-order valence-corrected chi connectivity index (χ3v) is 8.16. The molecule has 0 saturated carbocycles. The van der Waals surface area contributed by atoms with Crippen molar-refractivity contribution in [3.8, 4) is 0 Å². The van der Waals surface area contributed by atoms with Gasteiger partial charge in [-0.05, 0) is 61.6 Å². The molecule has 10 nitrogen and oxygen atoms in total. The molecule has 3 atom stereocenters. The number of amides is 2. The molecule has 1 saturated heterocycles. The first kappa shape index (κ1) is 27.7. The molecular weight excluding hydrogens is 515 g/mol. The van der Waals surface area contributed by atoms with Crippen LogP contribution >= 0.6 is 0 Å². The number of hydrogen-bond acceptors (Lipinski definition) is 7. The lowest BCUT2D eigenvalue weighted by molar-refractivity contribution is -0.125. The van der Waals surface area contributed by atoms with Crippen molar-refractivity contribution in [2.24, 2.45) is 5.92 Å². The number of aromatic nitrogens is 1. The van der Waals surface area contributed by atoms with Gasteiger partial charge in [0.15, 0.2) is 10.8 Å². The number of nitrogens with zero attached hydrogens (tertiary/aromatic N) is 2. The van der Waals surface area contributed by atoms with Gasteiger partial charge < -0.3 is 20.2 Å². The fourth-order valence-electron chi connectivity index (χ4n) is 4.47. The molecule has 1 aromatic carbocycles. The fourth-order valence-corrected chi connectivity index (χ4v) is 5.90. The van der Waals surface area contributed by atoms with Crippen molar-refractivity contribution in [2.45, 2.75) is 56.3 Å². The highest BCUT2D eigenvalue weighted by atomic mass is 32.2. The van der Waals surface area contributed by atoms with Crippen LogP contribution in [0.1, 0.15) is 43.7 Å². The van der Waals surface area contributed by atoms with Gasteiger partial charge >= 0.3 is 0 Å². The summed E-state index contributed by atoms with van der Waals surface area (Å²) >= 11 is 0. The average Bonchev–Trinajstić information content (AvgIpc) is 3.21. The molecule has 0 aliphatic carbocycles. The summed E-state index contributed by atoms with van der Waals surface area (Å²) < 4.78 is 46.1. The summed E-state index contributed by atoms with van der Waals surface area (Å²) in [6.45, 7) is 3.76. The number of fused-ring (bicyclic) bond motifs is 1. The number of nitrogens with one attached hydrogen (secondary N) is 2. The van der Waals surface area contributed by atoms with Crippen molar-refractivity contribution in [2.75, 3.05) is 13.1 Å². The molecule has 1 fully saturated rings. The number of β-amino-alcohol motifs (C(OH)–C–C–N with tert-alkyl or cyclic N) is 1. The number of pyridine rings is 1. The normalized spacial score (nSPS) is 19.7. The van der Waals surface area contributed by atoms with E-state index in [0.29, 0.717) is 30.2 Å². The Morgan fingerprint density at radius 3 is 2.74 bits per heavy atom. The highest BCUT2D eigenvalue weighted by Gasteiger charge is 2.35. The van der Waals surface area contributed by atoms with Crippen LogP contribution in [0, 0.1) is 11.7 Å². The maximum atomic E-state index is 13.5. The van der Waals surface area contributed by atoms with Gasteiger partial charge in [-0.3, -0.25) is 9.59 Å². The molecule has 3 N–H and O–H groups in total. The number of carbonyl (C=O) groups excluding carboxylic acids is 2. The minimum atomic E-state index is -3.90. The first-order valence-corrected chi connectivity index (χ1v) is 13.9. The number of benzene rings is 1. The zero-order valence-corrected chi connectivity index (χ0v) is 21.9. The van der Waals surface area contributed by atoms with E-state index in [0.717, 1.165) is 0 Å². The first-order valence-electron chi connectivity index (χ1n) is 12.4. The predicted molar refractivity (Wildman–Crippen MR) is 137 cm³/mol. The van der Waals surface area contributed by atoms with Crippen LogP contribution in [0.4, 0.5) is 4.39 Å². The number of rotatable bonds is 8. The minimum absolute atomic E-state index is 0.0499. The van der Waals surface area contributed by atoms with E-state index >= 15 is 0 Å². The van der Waals surface area contributed by atoms with Gasteiger partial charge in [0.2, 0.25) is 5.91 Å². The smallest absolute Gasteiger partial charge is 0.287 e. The summed E-state index contributed by atoms with van der Waals surface area (Å²) in [5.74, 6) is -1.60. The van der Waals surface area contributed by atoms with Crippen LogP contribution in [0.5, 0.6) is 0 Å². The molecule has 2 amide bonds. The Bertz CT molecular complexity index is 1400. The van der Waals surface area contributed by atoms with Crippen LogP contribution in [-0.4, -0.2) is 65.9 Å². The topological polar surface area (TPSA) is 142 Å². The van der Waals surface area contributed by atoms with Crippen LogP contribution in [0.3, 0.4) is 0 Å². The van der Waals surface area contributed by atoms with E-state index < -0.39 is 45.8 Å². The molecular formula is C26H31FN4O6S. The molecule has 0 radical (unpaired) electrons. The maximum absolute atomic E-state index is 13.5. The number of hydrogen-bond donors (Lipinski definition) is 3. The average molecular weight is 547 g/mol. The number of furan rings is 1. The van der Waals surface area contributed by atoms with Gasteiger partial charge in [-0.2, -0.15) is 4.31 Å². The van der Waals surface area contributed by atoms with E-state index in [1.165, 1.54) is 40.8 Å².